The van der Waals surface area contributed by atoms with Crippen molar-refractivity contribution in [1.29, 1.82) is 0 Å². The summed E-state index contributed by atoms with van der Waals surface area (Å²) in [7, 11) is -4.15. The predicted molar refractivity (Wildman–Crippen MR) is 61.4 cm³/mol. The fourth-order valence-electron chi connectivity index (χ4n) is 1.36. The fraction of sp³-hybridized carbons (Fsp3) is 0. The SMILES string of the molecule is O=P(O)(O)c1sccc1-c1ccccc1. The van der Waals surface area contributed by atoms with E-state index in [1.807, 2.05) is 30.3 Å². The molecule has 0 aliphatic heterocycles. The molecule has 78 valence electrons. The number of rotatable bonds is 2. The quantitative estimate of drug-likeness (QED) is 0.791. The molecular formula is C10H9O3PS. The molecule has 0 amide bonds. The summed E-state index contributed by atoms with van der Waals surface area (Å²) in [5, 5.41) is 1.69. The van der Waals surface area contributed by atoms with Gasteiger partial charge >= 0.3 is 7.60 Å². The van der Waals surface area contributed by atoms with Crippen LogP contribution in [0.4, 0.5) is 0 Å². The molecule has 2 aromatic rings. The zero-order valence-corrected chi connectivity index (χ0v) is 9.41. The van der Waals surface area contributed by atoms with Crippen LogP contribution in [0, 0.1) is 0 Å². The molecule has 1 heterocycles. The van der Waals surface area contributed by atoms with Crippen molar-refractivity contribution in [2.24, 2.45) is 0 Å². The van der Waals surface area contributed by atoms with E-state index in [1.54, 1.807) is 11.4 Å². The van der Waals surface area contributed by atoms with Gasteiger partial charge in [0.05, 0.1) is 0 Å². The Kier molecular flexibility index (Phi) is 2.76. The summed E-state index contributed by atoms with van der Waals surface area (Å²) in [6.07, 6.45) is 0. The molecule has 0 saturated heterocycles. The second-order valence-corrected chi connectivity index (χ2v) is 5.80. The van der Waals surface area contributed by atoms with Gasteiger partial charge in [-0.2, -0.15) is 0 Å². The van der Waals surface area contributed by atoms with Gasteiger partial charge in [-0.15, -0.1) is 11.3 Å². The van der Waals surface area contributed by atoms with Crippen LogP contribution in [-0.4, -0.2) is 9.79 Å². The fourth-order valence-corrected chi connectivity index (χ4v) is 3.26. The highest BCUT2D eigenvalue weighted by Crippen LogP contribution is 2.40. The maximum Gasteiger partial charge on any atom is 0.366 e. The maximum absolute atomic E-state index is 11.2. The van der Waals surface area contributed by atoms with E-state index in [9.17, 15) is 4.57 Å². The van der Waals surface area contributed by atoms with Gasteiger partial charge in [0.25, 0.3) is 0 Å². The summed E-state index contributed by atoms with van der Waals surface area (Å²) >= 11 is 1.09. The van der Waals surface area contributed by atoms with Crippen LogP contribution in [0.15, 0.2) is 41.8 Å². The van der Waals surface area contributed by atoms with Crippen molar-refractivity contribution in [2.45, 2.75) is 0 Å². The number of hydrogen-bond acceptors (Lipinski definition) is 2. The normalized spacial score (nSPS) is 11.6. The van der Waals surface area contributed by atoms with Crippen molar-refractivity contribution in [2.75, 3.05) is 0 Å². The average molecular weight is 240 g/mol. The van der Waals surface area contributed by atoms with Gasteiger partial charge in [-0.1, -0.05) is 30.3 Å². The molecule has 1 aromatic carbocycles. The van der Waals surface area contributed by atoms with Crippen LogP contribution in [0.1, 0.15) is 0 Å². The molecule has 0 atom stereocenters. The molecule has 0 spiro atoms. The predicted octanol–water partition coefficient (Wildman–Crippen LogP) is 2.22. The van der Waals surface area contributed by atoms with Gasteiger partial charge in [0.1, 0.15) is 4.62 Å². The minimum atomic E-state index is -4.15. The molecule has 0 aliphatic carbocycles. The van der Waals surface area contributed by atoms with Gasteiger partial charge in [0, 0.05) is 5.56 Å². The van der Waals surface area contributed by atoms with Crippen LogP contribution in [0.25, 0.3) is 11.1 Å². The molecule has 0 unspecified atom stereocenters. The molecule has 2 rings (SSSR count). The van der Waals surface area contributed by atoms with E-state index in [2.05, 4.69) is 0 Å². The lowest BCUT2D eigenvalue weighted by Crippen LogP contribution is -2.00. The van der Waals surface area contributed by atoms with E-state index in [0.29, 0.717) is 5.56 Å². The molecule has 5 heteroatoms. The lowest BCUT2D eigenvalue weighted by atomic mass is 10.1. The van der Waals surface area contributed by atoms with Crippen molar-refractivity contribution >= 4 is 23.6 Å². The summed E-state index contributed by atoms with van der Waals surface area (Å²) in [5.41, 5.74) is 1.45. The van der Waals surface area contributed by atoms with E-state index in [0.717, 1.165) is 16.9 Å². The van der Waals surface area contributed by atoms with E-state index >= 15 is 0 Å². The van der Waals surface area contributed by atoms with Crippen molar-refractivity contribution in [3.8, 4) is 11.1 Å². The molecule has 0 aliphatic rings. The first-order valence-electron chi connectivity index (χ1n) is 4.28. The van der Waals surface area contributed by atoms with E-state index in [1.165, 1.54) is 0 Å². The lowest BCUT2D eigenvalue weighted by Gasteiger charge is -2.05. The first kappa shape index (κ1) is 10.6. The third kappa shape index (κ3) is 2.19. The van der Waals surface area contributed by atoms with Crippen molar-refractivity contribution in [3.05, 3.63) is 41.8 Å². The maximum atomic E-state index is 11.2. The Bertz CT molecular complexity index is 500. The Morgan fingerprint density at radius 3 is 2.33 bits per heavy atom. The van der Waals surface area contributed by atoms with Gasteiger partial charge in [-0.25, -0.2) is 0 Å². The van der Waals surface area contributed by atoms with Crippen molar-refractivity contribution in [1.82, 2.24) is 0 Å². The van der Waals surface area contributed by atoms with Crippen LogP contribution in [0.5, 0.6) is 0 Å². The minimum absolute atomic E-state index is 0.133. The lowest BCUT2D eigenvalue weighted by molar-refractivity contribution is 0.388. The Hall–Kier alpha value is -0.930. The smallest absolute Gasteiger partial charge is 0.320 e. The topological polar surface area (TPSA) is 57.5 Å². The third-order valence-electron chi connectivity index (χ3n) is 1.99. The Labute approximate surface area is 91.2 Å². The molecule has 0 bridgehead atoms. The van der Waals surface area contributed by atoms with Crippen LogP contribution < -0.4 is 4.62 Å². The monoisotopic (exact) mass is 240 g/mol. The van der Waals surface area contributed by atoms with E-state index in [4.69, 9.17) is 9.79 Å². The van der Waals surface area contributed by atoms with E-state index in [-0.39, 0.29) is 4.62 Å². The molecule has 0 radical (unpaired) electrons. The van der Waals surface area contributed by atoms with Gasteiger partial charge in [-0.3, -0.25) is 4.57 Å². The summed E-state index contributed by atoms with van der Waals surface area (Å²) in [5.74, 6) is 0. The first-order chi connectivity index (χ1) is 7.09. The molecule has 15 heavy (non-hydrogen) atoms. The molecular weight excluding hydrogens is 231 g/mol. The summed E-state index contributed by atoms with van der Waals surface area (Å²) in [6.45, 7) is 0. The van der Waals surface area contributed by atoms with Crippen LogP contribution in [-0.2, 0) is 4.57 Å². The second-order valence-electron chi connectivity index (χ2n) is 3.05. The van der Waals surface area contributed by atoms with Crippen LogP contribution in [0.2, 0.25) is 0 Å². The van der Waals surface area contributed by atoms with Crippen LogP contribution in [0.3, 0.4) is 0 Å². The molecule has 1 aromatic heterocycles. The Morgan fingerprint density at radius 2 is 1.73 bits per heavy atom. The molecule has 0 fully saturated rings. The molecule has 0 saturated carbocycles. The Balaban J connectivity index is 2.56. The van der Waals surface area contributed by atoms with Gasteiger partial charge in [0.15, 0.2) is 0 Å². The number of thiophene rings is 1. The standard InChI is InChI=1S/C10H9O3PS/c11-14(12,13)10-9(6-7-15-10)8-4-2-1-3-5-8/h1-7H,(H2,11,12,13). The second kappa shape index (κ2) is 3.91. The molecule has 3 nitrogen and oxygen atoms in total. The van der Waals surface area contributed by atoms with Gasteiger partial charge in [-0.05, 0) is 17.0 Å². The number of hydrogen-bond donors (Lipinski definition) is 2. The Morgan fingerprint density at radius 1 is 1.07 bits per heavy atom. The third-order valence-corrected chi connectivity index (χ3v) is 4.51. The zero-order valence-electron chi connectivity index (χ0n) is 7.70. The van der Waals surface area contributed by atoms with Gasteiger partial charge < -0.3 is 9.79 Å². The van der Waals surface area contributed by atoms with Crippen molar-refractivity contribution in [3.63, 3.8) is 0 Å². The van der Waals surface area contributed by atoms with Crippen molar-refractivity contribution < 1.29 is 14.4 Å². The van der Waals surface area contributed by atoms with E-state index < -0.39 is 7.60 Å². The largest absolute Gasteiger partial charge is 0.366 e. The summed E-state index contributed by atoms with van der Waals surface area (Å²) < 4.78 is 11.3. The average Bonchev–Trinajstić information content (AvgIpc) is 2.67. The zero-order chi connectivity index (χ0) is 10.9. The number of benzene rings is 1. The minimum Gasteiger partial charge on any atom is -0.320 e. The molecule has 2 N–H and O–H groups in total. The van der Waals surface area contributed by atoms with Crippen LogP contribution >= 0.6 is 18.9 Å². The summed E-state index contributed by atoms with van der Waals surface area (Å²) in [4.78, 5) is 18.3. The highest BCUT2D eigenvalue weighted by Gasteiger charge is 2.23. The summed E-state index contributed by atoms with van der Waals surface area (Å²) in [6, 6.07) is 11.0. The highest BCUT2D eigenvalue weighted by molar-refractivity contribution is 7.67. The highest BCUT2D eigenvalue weighted by atomic mass is 32.1. The first-order valence-corrected chi connectivity index (χ1v) is 6.77. The van der Waals surface area contributed by atoms with Gasteiger partial charge in [0.2, 0.25) is 0 Å².